The fraction of sp³-hybridized carbons (Fsp3) is 0.600. The van der Waals surface area contributed by atoms with Crippen LogP contribution in [0.4, 0.5) is 0 Å². The van der Waals surface area contributed by atoms with Crippen molar-refractivity contribution in [2.24, 2.45) is 11.7 Å². The summed E-state index contributed by atoms with van der Waals surface area (Å²) in [7, 11) is 1.69. The van der Waals surface area contributed by atoms with Crippen molar-refractivity contribution in [3.05, 3.63) is 29.8 Å². The van der Waals surface area contributed by atoms with E-state index in [1.807, 2.05) is 25.1 Å². The second-order valence-corrected chi connectivity index (χ2v) is 5.28. The Labute approximate surface area is 115 Å². The molecule has 0 bridgehead atoms. The van der Waals surface area contributed by atoms with Gasteiger partial charge in [0.2, 0.25) is 0 Å². The zero-order valence-corrected chi connectivity index (χ0v) is 11.7. The normalized spacial score (nSPS) is 23.3. The number of ether oxygens (including phenoxy) is 1. The Bertz CT molecular complexity index is 409. The molecular weight excluding hydrogens is 240 g/mol. The quantitative estimate of drug-likeness (QED) is 0.844. The number of likely N-dealkylation sites (tertiary alicyclic amines) is 1. The predicted octanol–water partition coefficient (Wildman–Crippen LogP) is 1.40. The summed E-state index contributed by atoms with van der Waals surface area (Å²) in [4.78, 5) is 2.36. The van der Waals surface area contributed by atoms with Gasteiger partial charge in [-0.2, -0.15) is 0 Å². The third-order valence-electron chi connectivity index (χ3n) is 4.10. The average molecular weight is 264 g/mol. The number of rotatable bonds is 5. The molecule has 0 radical (unpaired) electrons. The van der Waals surface area contributed by atoms with Crippen molar-refractivity contribution in [3.63, 3.8) is 0 Å². The summed E-state index contributed by atoms with van der Waals surface area (Å²) >= 11 is 0. The van der Waals surface area contributed by atoms with Gasteiger partial charge in [-0.25, -0.2) is 0 Å². The Kier molecular flexibility index (Phi) is 4.80. The van der Waals surface area contributed by atoms with Crippen LogP contribution < -0.4 is 10.5 Å². The van der Waals surface area contributed by atoms with Gasteiger partial charge in [0.1, 0.15) is 5.75 Å². The summed E-state index contributed by atoms with van der Waals surface area (Å²) in [6, 6.07) is 8.20. The molecule has 3 N–H and O–H groups in total. The van der Waals surface area contributed by atoms with Crippen LogP contribution in [0.25, 0.3) is 0 Å². The van der Waals surface area contributed by atoms with Crippen molar-refractivity contribution in [3.8, 4) is 5.75 Å². The summed E-state index contributed by atoms with van der Waals surface area (Å²) in [6.07, 6.45) is 0.782. The third-order valence-corrected chi connectivity index (χ3v) is 4.10. The van der Waals surface area contributed by atoms with E-state index in [4.69, 9.17) is 10.5 Å². The van der Waals surface area contributed by atoms with Crippen LogP contribution in [0.1, 0.15) is 24.9 Å². The maximum absolute atomic E-state index is 9.71. The molecule has 3 atom stereocenters. The van der Waals surface area contributed by atoms with Gasteiger partial charge in [0, 0.05) is 18.7 Å². The van der Waals surface area contributed by atoms with E-state index in [1.54, 1.807) is 7.11 Å². The summed E-state index contributed by atoms with van der Waals surface area (Å²) in [6.45, 7) is 4.31. The topological polar surface area (TPSA) is 58.7 Å². The first-order chi connectivity index (χ1) is 9.17. The highest BCUT2D eigenvalue weighted by Gasteiger charge is 2.31. The molecule has 1 aliphatic heterocycles. The van der Waals surface area contributed by atoms with E-state index >= 15 is 0 Å². The van der Waals surface area contributed by atoms with Crippen molar-refractivity contribution in [2.45, 2.75) is 25.5 Å². The zero-order chi connectivity index (χ0) is 13.8. The molecule has 1 saturated heterocycles. The van der Waals surface area contributed by atoms with Crippen molar-refractivity contribution in [1.82, 2.24) is 4.90 Å². The third kappa shape index (κ3) is 3.08. The lowest BCUT2D eigenvalue weighted by molar-refractivity contribution is 0.122. The second-order valence-electron chi connectivity index (χ2n) is 5.28. The van der Waals surface area contributed by atoms with E-state index in [9.17, 15) is 5.11 Å². The fourth-order valence-corrected chi connectivity index (χ4v) is 2.91. The van der Waals surface area contributed by atoms with Crippen LogP contribution in [0.3, 0.4) is 0 Å². The van der Waals surface area contributed by atoms with E-state index in [1.165, 1.54) is 0 Å². The summed E-state index contributed by atoms with van der Waals surface area (Å²) in [5, 5.41) is 9.71. The van der Waals surface area contributed by atoms with Gasteiger partial charge < -0.3 is 15.6 Å². The van der Waals surface area contributed by atoms with E-state index in [0.717, 1.165) is 30.8 Å². The van der Waals surface area contributed by atoms with Gasteiger partial charge in [0.05, 0.1) is 19.3 Å². The first-order valence-electron chi connectivity index (χ1n) is 6.92. The monoisotopic (exact) mass is 264 g/mol. The number of hydrogen-bond acceptors (Lipinski definition) is 4. The fourth-order valence-electron chi connectivity index (χ4n) is 2.91. The lowest BCUT2D eigenvalue weighted by Gasteiger charge is -2.28. The molecule has 106 valence electrons. The Morgan fingerprint density at radius 3 is 2.79 bits per heavy atom. The van der Waals surface area contributed by atoms with Gasteiger partial charge in [-0.05, 0) is 31.9 Å². The molecule has 1 fully saturated rings. The van der Waals surface area contributed by atoms with Crippen molar-refractivity contribution < 1.29 is 9.84 Å². The van der Waals surface area contributed by atoms with E-state index in [2.05, 4.69) is 11.0 Å². The van der Waals surface area contributed by atoms with Gasteiger partial charge in [0.25, 0.3) is 0 Å². The number of nitrogens with two attached hydrogens (primary N) is 1. The largest absolute Gasteiger partial charge is 0.496 e. The molecule has 0 spiro atoms. The molecule has 1 aromatic carbocycles. The van der Waals surface area contributed by atoms with Gasteiger partial charge in [0.15, 0.2) is 0 Å². The predicted molar refractivity (Wildman–Crippen MR) is 76.2 cm³/mol. The summed E-state index contributed by atoms with van der Waals surface area (Å²) in [5.74, 6) is 1.24. The van der Waals surface area contributed by atoms with Crippen LogP contribution in [-0.2, 0) is 0 Å². The lowest BCUT2D eigenvalue weighted by atomic mass is 10.0. The smallest absolute Gasteiger partial charge is 0.123 e. The van der Waals surface area contributed by atoms with Gasteiger partial charge in [-0.1, -0.05) is 18.2 Å². The number of aliphatic hydroxyl groups is 1. The van der Waals surface area contributed by atoms with Crippen LogP contribution in [0.15, 0.2) is 24.3 Å². The highest BCUT2D eigenvalue weighted by atomic mass is 16.5. The number of nitrogens with zero attached hydrogens (tertiary/aromatic N) is 1. The standard InChI is InChI=1S/C15H24N2O2/c1-11(18)12-7-8-17(10-12)14(9-16)13-5-3-4-6-15(13)19-2/h3-6,11-12,14,18H,7-10,16H2,1-2H3. The van der Waals surface area contributed by atoms with Crippen LogP contribution in [0, 0.1) is 5.92 Å². The maximum atomic E-state index is 9.71. The summed E-state index contributed by atoms with van der Waals surface area (Å²) in [5.41, 5.74) is 7.11. The second kappa shape index (κ2) is 6.37. The number of hydrogen-bond donors (Lipinski definition) is 2. The SMILES string of the molecule is COc1ccccc1C(CN)N1CCC(C(C)O)C1. The van der Waals surface area contributed by atoms with Crippen LogP contribution in [0.5, 0.6) is 5.75 Å². The number of aliphatic hydroxyl groups excluding tert-OH is 1. The number of benzene rings is 1. The molecule has 4 nitrogen and oxygen atoms in total. The molecule has 0 amide bonds. The molecule has 2 rings (SSSR count). The van der Waals surface area contributed by atoms with E-state index in [0.29, 0.717) is 12.5 Å². The van der Waals surface area contributed by atoms with Crippen LogP contribution >= 0.6 is 0 Å². The van der Waals surface area contributed by atoms with Gasteiger partial charge >= 0.3 is 0 Å². The van der Waals surface area contributed by atoms with Crippen molar-refractivity contribution in [1.29, 1.82) is 0 Å². The Hall–Kier alpha value is -1.10. The van der Waals surface area contributed by atoms with Gasteiger partial charge in [-0.3, -0.25) is 4.90 Å². The zero-order valence-electron chi connectivity index (χ0n) is 11.7. The lowest BCUT2D eigenvalue weighted by Crippen LogP contribution is -2.33. The molecule has 1 heterocycles. The van der Waals surface area contributed by atoms with Crippen molar-refractivity contribution >= 4 is 0 Å². The molecule has 1 aromatic rings. The highest BCUT2D eigenvalue weighted by molar-refractivity contribution is 5.36. The molecule has 0 aliphatic carbocycles. The summed E-state index contributed by atoms with van der Waals surface area (Å²) < 4.78 is 5.43. The molecular formula is C15H24N2O2. The Morgan fingerprint density at radius 2 is 2.21 bits per heavy atom. The Balaban J connectivity index is 2.16. The first-order valence-corrected chi connectivity index (χ1v) is 6.92. The molecule has 19 heavy (non-hydrogen) atoms. The molecule has 0 saturated carbocycles. The number of para-hydroxylation sites is 1. The molecule has 0 aromatic heterocycles. The van der Waals surface area contributed by atoms with Crippen LogP contribution in [0.2, 0.25) is 0 Å². The highest BCUT2D eigenvalue weighted by Crippen LogP contribution is 2.33. The first kappa shape index (κ1) is 14.3. The molecule has 1 aliphatic rings. The Morgan fingerprint density at radius 1 is 1.47 bits per heavy atom. The minimum Gasteiger partial charge on any atom is -0.496 e. The molecule has 4 heteroatoms. The minimum atomic E-state index is -0.249. The van der Waals surface area contributed by atoms with E-state index < -0.39 is 0 Å². The van der Waals surface area contributed by atoms with Crippen molar-refractivity contribution in [2.75, 3.05) is 26.7 Å². The average Bonchev–Trinajstić information content (AvgIpc) is 2.90. The molecule has 3 unspecified atom stereocenters. The van der Waals surface area contributed by atoms with E-state index in [-0.39, 0.29) is 12.1 Å². The maximum Gasteiger partial charge on any atom is 0.123 e. The van der Waals surface area contributed by atoms with Crippen LogP contribution in [-0.4, -0.2) is 42.9 Å². The van der Waals surface area contributed by atoms with Gasteiger partial charge in [-0.15, -0.1) is 0 Å². The number of methoxy groups -OCH3 is 1. The minimum absolute atomic E-state index is 0.167.